The van der Waals surface area contributed by atoms with Crippen molar-refractivity contribution in [3.63, 3.8) is 0 Å². The number of carboxylic acids is 1. The molecule has 1 saturated heterocycles. The molecule has 2 aliphatic heterocycles. The van der Waals surface area contributed by atoms with Gasteiger partial charge in [0.25, 0.3) is 0 Å². The summed E-state index contributed by atoms with van der Waals surface area (Å²) in [5.74, 6) is 0.102. The summed E-state index contributed by atoms with van der Waals surface area (Å²) >= 11 is 0. The average molecular weight is 311 g/mol. The van der Waals surface area contributed by atoms with Crippen LogP contribution >= 0.6 is 0 Å². The zero-order valence-corrected chi connectivity index (χ0v) is 13.3. The minimum atomic E-state index is -0.681. The molecule has 0 aliphatic carbocycles. The van der Waals surface area contributed by atoms with E-state index in [0.29, 0.717) is 6.42 Å². The summed E-state index contributed by atoms with van der Waals surface area (Å²) in [5.41, 5.74) is 3.08. The second-order valence-corrected chi connectivity index (χ2v) is 6.54. The van der Waals surface area contributed by atoms with Gasteiger partial charge in [-0.05, 0) is 44.7 Å². The number of anilines is 1. The van der Waals surface area contributed by atoms with Crippen LogP contribution in [0.5, 0.6) is 0 Å². The maximum Gasteiger partial charge on any atom is 0.308 e. The normalized spacial score (nSPS) is 23.3. The Morgan fingerprint density at radius 2 is 2.04 bits per heavy atom. The van der Waals surface area contributed by atoms with Crippen LogP contribution in [0.15, 0.2) is 30.3 Å². The van der Waals surface area contributed by atoms with Gasteiger partial charge in [-0.15, -0.1) is 0 Å². The maximum absolute atomic E-state index is 11.8. The second-order valence-electron chi connectivity index (χ2n) is 6.54. The third-order valence-electron chi connectivity index (χ3n) is 5.19. The highest BCUT2D eigenvalue weighted by molar-refractivity contribution is 5.75. The highest BCUT2D eigenvalue weighted by Gasteiger charge is 2.42. The Hall–Kier alpha value is -2.30. The van der Waals surface area contributed by atoms with Crippen LogP contribution in [0.4, 0.5) is 5.82 Å². The molecule has 0 unspecified atom stereocenters. The first kappa shape index (κ1) is 14.3. The van der Waals surface area contributed by atoms with Crippen molar-refractivity contribution in [1.82, 2.24) is 9.78 Å². The molecule has 23 heavy (non-hydrogen) atoms. The van der Waals surface area contributed by atoms with Crippen molar-refractivity contribution in [1.29, 1.82) is 0 Å². The fourth-order valence-electron chi connectivity index (χ4n) is 4.08. The van der Waals surface area contributed by atoms with E-state index < -0.39 is 5.97 Å². The quantitative estimate of drug-likeness (QED) is 0.926. The maximum atomic E-state index is 11.8. The van der Waals surface area contributed by atoms with Crippen LogP contribution in [0.1, 0.15) is 30.5 Å². The first-order valence-corrected chi connectivity index (χ1v) is 8.30. The number of carbonyl (C=O) groups is 1. The third kappa shape index (κ3) is 2.22. The van der Waals surface area contributed by atoms with Gasteiger partial charge in [0.1, 0.15) is 5.82 Å². The lowest BCUT2D eigenvalue weighted by Crippen LogP contribution is -2.51. The zero-order chi connectivity index (χ0) is 16.0. The van der Waals surface area contributed by atoms with Gasteiger partial charge < -0.3 is 10.0 Å². The summed E-state index contributed by atoms with van der Waals surface area (Å²) in [5, 5.41) is 14.4. The number of rotatable bonds is 2. The molecule has 5 nitrogen and oxygen atoms in total. The molecular weight excluding hydrogens is 290 g/mol. The number of benzene rings is 1. The summed E-state index contributed by atoms with van der Waals surface area (Å²) in [7, 11) is 0. The molecule has 1 aromatic carbocycles. The standard InChI is InChI=1S/C18H21N3O2/c1-12-14-11-15(18(22)23)16-9-5-6-10-20(16)17(14)21(19-12)13-7-3-2-4-8-13/h2-4,7-8,15-16H,5-6,9-11H2,1H3,(H,22,23)/t15-,16+/m1/s1. The van der Waals surface area contributed by atoms with Gasteiger partial charge in [-0.25, -0.2) is 4.68 Å². The van der Waals surface area contributed by atoms with Crippen molar-refractivity contribution in [3.05, 3.63) is 41.6 Å². The second kappa shape index (κ2) is 5.41. The number of fused-ring (bicyclic) bond motifs is 3. The van der Waals surface area contributed by atoms with Crippen LogP contribution in [0.25, 0.3) is 5.69 Å². The smallest absolute Gasteiger partial charge is 0.308 e. The van der Waals surface area contributed by atoms with E-state index in [2.05, 4.69) is 17.0 Å². The lowest BCUT2D eigenvalue weighted by atomic mass is 9.82. The Morgan fingerprint density at radius 1 is 1.26 bits per heavy atom. The minimum absolute atomic E-state index is 0.0901. The van der Waals surface area contributed by atoms with Crippen LogP contribution < -0.4 is 4.90 Å². The molecule has 4 rings (SSSR count). The van der Waals surface area contributed by atoms with Gasteiger partial charge in [0.05, 0.1) is 17.3 Å². The highest BCUT2D eigenvalue weighted by atomic mass is 16.4. The molecule has 3 heterocycles. The minimum Gasteiger partial charge on any atom is -0.481 e. The molecule has 0 spiro atoms. The van der Waals surface area contributed by atoms with Crippen LogP contribution in [0.3, 0.4) is 0 Å². The number of hydrogen-bond acceptors (Lipinski definition) is 3. The van der Waals surface area contributed by atoms with Gasteiger partial charge in [-0.1, -0.05) is 18.2 Å². The number of aryl methyl sites for hydroxylation is 1. The Kier molecular flexibility index (Phi) is 3.36. The van der Waals surface area contributed by atoms with Crippen LogP contribution in [0, 0.1) is 12.8 Å². The predicted molar refractivity (Wildman–Crippen MR) is 88.1 cm³/mol. The van der Waals surface area contributed by atoms with Gasteiger partial charge in [0.15, 0.2) is 0 Å². The molecule has 1 fully saturated rings. The monoisotopic (exact) mass is 311 g/mol. The molecule has 2 aliphatic rings. The van der Waals surface area contributed by atoms with Gasteiger partial charge in [0, 0.05) is 18.2 Å². The van der Waals surface area contributed by atoms with E-state index in [9.17, 15) is 9.90 Å². The molecule has 5 heteroatoms. The van der Waals surface area contributed by atoms with Crippen molar-refractivity contribution < 1.29 is 9.90 Å². The summed E-state index contributed by atoms with van der Waals surface area (Å²) in [6, 6.07) is 10.2. The molecule has 0 bridgehead atoms. The average Bonchev–Trinajstić information content (AvgIpc) is 2.92. The molecule has 120 valence electrons. The van der Waals surface area contributed by atoms with E-state index in [1.54, 1.807) is 0 Å². The van der Waals surface area contributed by atoms with Crippen LogP contribution in [0.2, 0.25) is 0 Å². The first-order valence-electron chi connectivity index (χ1n) is 8.30. The number of carboxylic acid groups (broad SMARTS) is 1. The highest BCUT2D eigenvalue weighted by Crippen LogP contribution is 2.41. The molecule has 0 radical (unpaired) electrons. The van der Waals surface area contributed by atoms with Gasteiger partial charge >= 0.3 is 5.97 Å². The summed E-state index contributed by atoms with van der Waals surface area (Å²) in [4.78, 5) is 14.1. The van der Waals surface area contributed by atoms with Crippen molar-refractivity contribution >= 4 is 11.8 Å². The van der Waals surface area contributed by atoms with E-state index in [1.165, 1.54) is 0 Å². The Balaban J connectivity index is 1.87. The number of aromatic nitrogens is 2. The Morgan fingerprint density at radius 3 is 2.78 bits per heavy atom. The fraction of sp³-hybridized carbons (Fsp3) is 0.444. The molecule has 2 atom stereocenters. The molecule has 2 aromatic rings. The predicted octanol–water partition coefficient (Wildman–Crippen LogP) is 2.80. The summed E-state index contributed by atoms with van der Waals surface area (Å²) in [6.45, 7) is 2.90. The lowest BCUT2D eigenvalue weighted by molar-refractivity contribution is -0.142. The van der Waals surface area contributed by atoms with Crippen molar-refractivity contribution in [3.8, 4) is 5.69 Å². The largest absolute Gasteiger partial charge is 0.481 e. The number of hydrogen-bond donors (Lipinski definition) is 1. The number of aliphatic carboxylic acids is 1. The summed E-state index contributed by atoms with van der Waals surface area (Å²) in [6.07, 6.45) is 3.76. The van der Waals surface area contributed by atoms with E-state index in [0.717, 1.165) is 48.6 Å². The number of para-hydroxylation sites is 1. The van der Waals surface area contributed by atoms with E-state index in [4.69, 9.17) is 5.10 Å². The van der Waals surface area contributed by atoms with Gasteiger partial charge in [-0.2, -0.15) is 5.10 Å². The third-order valence-corrected chi connectivity index (χ3v) is 5.19. The topological polar surface area (TPSA) is 58.4 Å². The van der Waals surface area contributed by atoms with Crippen molar-refractivity contribution in [2.24, 2.45) is 5.92 Å². The number of piperidine rings is 1. The van der Waals surface area contributed by atoms with Crippen molar-refractivity contribution in [2.75, 3.05) is 11.4 Å². The fourth-order valence-corrected chi connectivity index (χ4v) is 4.08. The molecule has 0 saturated carbocycles. The van der Waals surface area contributed by atoms with Gasteiger partial charge in [-0.3, -0.25) is 4.79 Å². The lowest BCUT2D eigenvalue weighted by Gasteiger charge is -2.44. The van der Waals surface area contributed by atoms with Gasteiger partial charge in [0.2, 0.25) is 0 Å². The van der Waals surface area contributed by atoms with E-state index in [1.807, 2.05) is 29.8 Å². The zero-order valence-electron chi connectivity index (χ0n) is 13.3. The molecular formula is C18H21N3O2. The molecule has 0 amide bonds. The number of nitrogens with zero attached hydrogens (tertiary/aromatic N) is 3. The Bertz CT molecular complexity index is 738. The van der Waals surface area contributed by atoms with Crippen molar-refractivity contribution in [2.45, 2.75) is 38.6 Å². The summed E-state index contributed by atoms with van der Waals surface area (Å²) < 4.78 is 2.00. The first-order chi connectivity index (χ1) is 11.2. The molecule has 1 N–H and O–H groups in total. The van der Waals surface area contributed by atoms with Crippen LogP contribution in [-0.4, -0.2) is 33.4 Å². The Labute approximate surface area is 135 Å². The van der Waals surface area contributed by atoms with E-state index >= 15 is 0 Å². The van der Waals surface area contributed by atoms with E-state index in [-0.39, 0.29) is 12.0 Å². The van der Waals surface area contributed by atoms with Crippen LogP contribution in [-0.2, 0) is 11.2 Å². The SMILES string of the molecule is Cc1nn(-c2ccccc2)c2c1C[C@@H](C(=O)O)[C@@H]1CCCCN21. The molecule has 1 aromatic heterocycles.